The number of aryl methyl sites for hydroxylation is 1. The monoisotopic (exact) mass is 284 g/mol. The molecule has 0 fully saturated rings. The Morgan fingerprint density at radius 2 is 2.31 bits per heavy atom. The minimum absolute atomic E-state index is 0.118. The number of hydrogen-bond acceptors (Lipinski definition) is 5. The van der Waals surface area contributed by atoms with E-state index in [9.17, 15) is 4.79 Å². The first-order chi connectivity index (χ1) is 7.60. The summed E-state index contributed by atoms with van der Waals surface area (Å²) in [6.45, 7) is 1.90. The van der Waals surface area contributed by atoms with Crippen molar-refractivity contribution in [2.45, 2.75) is 13.3 Å². The first kappa shape index (κ1) is 10.8. The van der Waals surface area contributed by atoms with Gasteiger partial charge in [0.15, 0.2) is 5.82 Å². The molecular weight excluding hydrogens is 276 g/mol. The average molecular weight is 285 g/mol. The molecule has 0 aliphatic heterocycles. The molecule has 0 spiro atoms. The molecule has 2 heterocycles. The lowest BCUT2D eigenvalue weighted by molar-refractivity contribution is 0.792. The summed E-state index contributed by atoms with van der Waals surface area (Å²) in [5.41, 5.74) is 5.21. The molecule has 0 radical (unpaired) electrons. The van der Waals surface area contributed by atoms with Crippen LogP contribution in [-0.4, -0.2) is 24.7 Å². The van der Waals surface area contributed by atoms with Crippen LogP contribution in [0.25, 0.3) is 5.82 Å². The van der Waals surface area contributed by atoms with E-state index in [1.165, 1.54) is 10.7 Å². The van der Waals surface area contributed by atoms with Gasteiger partial charge in [0.2, 0.25) is 10.7 Å². The van der Waals surface area contributed by atoms with Crippen LogP contribution in [0.2, 0.25) is 0 Å². The third-order valence-electron chi connectivity index (χ3n) is 1.91. The van der Waals surface area contributed by atoms with Crippen LogP contribution < -0.4 is 11.3 Å². The van der Waals surface area contributed by atoms with E-state index < -0.39 is 0 Å². The topological polar surface area (TPSA) is 102 Å². The lowest BCUT2D eigenvalue weighted by Crippen LogP contribution is -2.14. The largest absolute Gasteiger partial charge is 0.366 e. The molecule has 0 amide bonds. The molecule has 8 heteroatoms. The van der Waals surface area contributed by atoms with Crippen LogP contribution in [-0.2, 0) is 6.42 Å². The normalized spacial score (nSPS) is 10.6. The number of rotatable bonds is 2. The van der Waals surface area contributed by atoms with Crippen LogP contribution in [0.4, 0.5) is 5.95 Å². The van der Waals surface area contributed by atoms with Crippen molar-refractivity contribution in [3.63, 3.8) is 0 Å². The van der Waals surface area contributed by atoms with Crippen LogP contribution >= 0.6 is 15.9 Å². The van der Waals surface area contributed by atoms with Gasteiger partial charge in [-0.15, -0.1) is 5.10 Å². The summed E-state index contributed by atoms with van der Waals surface area (Å²) in [6, 6.07) is 1.33. The minimum atomic E-state index is -0.233. The lowest BCUT2D eigenvalue weighted by Gasteiger charge is -2.02. The predicted octanol–water partition coefficient (Wildman–Crippen LogP) is 0.258. The molecule has 0 saturated heterocycles. The summed E-state index contributed by atoms with van der Waals surface area (Å²) in [4.78, 5) is 22.1. The number of nitrogens with one attached hydrogen (secondary N) is 1. The Morgan fingerprint density at radius 1 is 1.56 bits per heavy atom. The Morgan fingerprint density at radius 3 is 2.88 bits per heavy atom. The highest BCUT2D eigenvalue weighted by Gasteiger charge is 2.09. The number of aromatic nitrogens is 5. The van der Waals surface area contributed by atoms with E-state index in [1.807, 2.05) is 6.92 Å². The van der Waals surface area contributed by atoms with Gasteiger partial charge >= 0.3 is 0 Å². The predicted molar refractivity (Wildman–Crippen MR) is 61.3 cm³/mol. The van der Waals surface area contributed by atoms with Crippen molar-refractivity contribution in [1.82, 2.24) is 24.7 Å². The second kappa shape index (κ2) is 4.05. The maximum Gasteiger partial charge on any atom is 0.253 e. The SMILES string of the molecule is CCc1nc(-n2nc(N)nc2Br)cc(=O)[nH]1. The molecule has 2 rings (SSSR count). The van der Waals surface area contributed by atoms with Gasteiger partial charge in [0.05, 0.1) is 0 Å². The van der Waals surface area contributed by atoms with Crippen LogP contribution in [0.5, 0.6) is 0 Å². The maximum atomic E-state index is 11.4. The molecule has 0 aromatic carbocycles. The second-order valence-electron chi connectivity index (χ2n) is 3.05. The molecule has 0 aliphatic carbocycles. The van der Waals surface area contributed by atoms with Crippen molar-refractivity contribution >= 4 is 21.9 Å². The van der Waals surface area contributed by atoms with Gasteiger partial charge in [0.25, 0.3) is 5.56 Å². The number of halogens is 1. The Hall–Kier alpha value is -1.70. The van der Waals surface area contributed by atoms with Gasteiger partial charge in [-0.2, -0.15) is 9.67 Å². The van der Waals surface area contributed by atoms with Crippen molar-refractivity contribution in [2.24, 2.45) is 0 Å². The zero-order chi connectivity index (χ0) is 11.7. The molecular formula is C8H9BrN6O. The molecule has 0 bridgehead atoms. The zero-order valence-electron chi connectivity index (χ0n) is 8.44. The number of nitrogens with zero attached hydrogens (tertiary/aromatic N) is 4. The first-order valence-electron chi connectivity index (χ1n) is 4.59. The van der Waals surface area contributed by atoms with Crippen LogP contribution in [0.1, 0.15) is 12.7 Å². The third-order valence-corrected chi connectivity index (χ3v) is 2.43. The van der Waals surface area contributed by atoms with Gasteiger partial charge in [-0.25, -0.2) is 4.98 Å². The van der Waals surface area contributed by atoms with Crippen molar-refractivity contribution in [3.8, 4) is 5.82 Å². The zero-order valence-corrected chi connectivity index (χ0v) is 10.0. The molecule has 0 unspecified atom stereocenters. The highest BCUT2D eigenvalue weighted by Crippen LogP contribution is 2.12. The fraction of sp³-hybridized carbons (Fsp3) is 0.250. The van der Waals surface area contributed by atoms with Crippen molar-refractivity contribution in [1.29, 1.82) is 0 Å². The van der Waals surface area contributed by atoms with Crippen molar-refractivity contribution < 1.29 is 0 Å². The Bertz CT molecular complexity index is 574. The van der Waals surface area contributed by atoms with Crippen LogP contribution in [0.15, 0.2) is 15.6 Å². The van der Waals surface area contributed by atoms with Gasteiger partial charge in [-0.05, 0) is 15.9 Å². The number of aromatic amines is 1. The number of H-pyrrole nitrogens is 1. The van der Waals surface area contributed by atoms with Crippen LogP contribution in [0, 0.1) is 0 Å². The summed E-state index contributed by atoms with van der Waals surface area (Å²) >= 11 is 3.18. The molecule has 84 valence electrons. The third kappa shape index (κ3) is 1.96. The number of hydrogen-bond donors (Lipinski definition) is 2. The van der Waals surface area contributed by atoms with Crippen LogP contribution in [0.3, 0.4) is 0 Å². The Balaban J connectivity index is 2.59. The van der Waals surface area contributed by atoms with Crippen molar-refractivity contribution in [3.05, 3.63) is 27.0 Å². The second-order valence-corrected chi connectivity index (χ2v) is 3.76. The fourth-order valence-electron chi connectivity index (χ4n) is 1.22. The van der Waals surface area contributed by atoms with E-state index in [1.54, 1.807) is 0 Å². The molecule has 0 atom stereocenters. The maximum absolute atomic E-state index is 11.4. The standard InChI is InChI=1S/C8H9BrN6O/c1-2-4-11-5(3-6(16)12-4)15-7(9)13-8(10)14-15/h3H,2H2,1H3,(H2,10,14)(H,11,12,16). The van der Waals surface area contributed by atoms with E-state index in [4.69, 9.17) is 5.73 Å². The van der Waals surface area contributed by atoms with Gasteiger partial charge in [-0.3, -0.25) is 4.79 Å². The Labute approximate surface area is 98.9 Å². The van der Waals surface area contributed by atoms with Crippen molar-refractivity contribution in [2.75, 3.05) is 5.73 Å². The Kier molecular flexibility index (Phi) is 2.73. The summed E-state index contributed by atoms with van der Waals surface area (Å²) in [5, 5.41) is 3.92. The molecule has 2 aromatic heterocycles. The van der Waals surface area contributed by atoms with E-state index in [0.29, 0.717) is 22.8 Å². The molecule has 7 nitrogen and oxygen atoms in total. The van der Waals surface area contributed by atoms with E-state index in [0.717, 1.165) is 0 Å². The summed E-state index contributed by atoms with van der Waals surface area (Å²) < 4.78 is 1.77. The van der Waals surface area contributed by atoms with E-state index in [2.05, 4.69) is 36.0 Å². The summed E-state index contributed by atoms with van der Waals surface area (Å²) in [7, 11) is 0. The highest BCUT2D eigenvalue weighted by atomic mass is 79.9. The van der Waals surface area contributed by atoms with Gasteiger partial charge in [0.1, 0.15) is 5.82 Å². The van der Waals surface area contributed by atoms with Gasteiger partial charge in [0, 0.05) is 12.5 Å². The quantitative estimate of drug-likeness (QED) is 0.823. The number of nitrogens with two attached hydrogens (primary N) is 1. The molecule has 0 saturated carbocycles. The summed E-state index contributed by atoms with van der Waals surface area (Å²) in [5.74, 6) is 1.09. The van der Waals surface area contributed by atoms with E-state index >= 15 is 0 Å². The van der Waals surface area contributed by atoms with Gasteiger partial charge < -0.3 is 10.7 Å². The highest BCUT2D eigenvalue weighted by molar-refractivity contribution is 9.10. The number of nitrogen functional groups attached to an aromatic ring is 1. The molecule has 2 aromatic rings. The molecule has 3 N–H and O–H groups in total. The fourth-order valence-corrected chi connectivity index (χ4v) is 1.67. The van der Waals surface area contributed by atoms with E-state index in [-0.39, 0.29) is 11.5 Å². The smallest absolute Gasteiger partial charge is 0.253 e. The lowest BCUT2D eigenvalue weighted by atomic mass is 10.4. The first-order valence-corrected chi connectivity index (χ1v) is 5.38. The molecule has 16 heavy (non-hydrogen) atoms. The number of anilines is 1. The average Bonchev–Trinajstić information content (AvgIpc) is 2.57. The van der Waals surface area contributed by atoms with Gasteiger partial charge in [-0.1, -0.05) is 6.92 Å². The minimum Gasteiger partial charge on any atom is -0.366 e. The summed E-state index contributed by atoms with van der Waals surface area (Å²) in [6.07, 6.45) is 0.630. The molecule has 0 aliphatic rings.